The van der Waals surface area contributed by atoms with Crippen molar-refractivity contribution in [2.75, 3.05) is 0 Å². The molecule has 0 heterocycles. The maximum Gasteiger partial charge on any atom is 0.170 e. The molecule has 0 aliphatic carbocycles. The molecular formula is C16H18O4. The summed E-state index contributed by atoms with van der Waals surface area (Å²) in [6.45, 7) is 1.43. The number of hydrogen-bond donors (Lipinski definition) is 0. The Morgan fingerprint density at radius 3 is 1.95 bits per heavy atom. The topological polar surface area (TPSA) is 68.3 Å². The Bertz CT molecular complexity index is 502. The zero-order chi connectivity index (χ0) is 15.0. The lowest BCUT2D eigenvalue weighted by Gasteiger charge is -2.01. The zero-order valence-electron chi connectivity index (χ0n) is 11.6. The lowest BCUT2D eigenvalue weighted by Crippen LogP contribution is -2.10. The molecule has 0 saturated heterocycles. The van der Waals surface area contributed by atoms with Crippen LogP contribution in [0.4, 0.5) is 0 Å². The van der Waals surface area contributed by atoms with Gasteiger partial charge in [-0.05, 0) is 6.92 Å². The van der Waals surface area contributed by atoms with Gasteiger partial charge >= 0.3 is 0 Å². The Hall–Kier alpha value is -2.10. The lowest BCUT2D eigenvalue weighted by atomic mass is 10.0. The molecule has 0 bridgehead atoms. The van der Waals surface area contributed by atoms with Gasteiger partial charge in [-0.15, -0.1) is 0 Å². The Morgan fingerprint density at radius 2 is 1.35 bits per heavy atom. The van der Waals surface area contributed by atoms with Crippen LogP contribution in [0, 0.1) is 0 Å². The van der Waals surface area contributed by atoms with Gasteiger partial charge in [-0.1, -0.05) is 30.3 Å². The van der Waals surface area contributed by atoms with E-state index >= 15 is 0 Å². The molecule has 0 amide bonds. The summed E-state index contributed by atoms with van der Waals surface area (Å²) in [7, 11) is 0. The van der Waals surface area contributed by atoms with Gasteiger partial charge in [0.15, 0.2) is 5.78 Å². The fourth-order valence-corrected chi connectivity index (χ4v) is 1.71. The molecule has 0 aromatic heterocycles. The molecule has 0 aliphatic rings. The largest absolute Gasteiger partial charge is 0.300 e. The maximum absolute atomic E-state index is 11.8. The molecule has 0 N–H and O–H groups in total. The lowest BCUT2D eigenvalue weighted by molar-refractivity contribution is -0.125. The van der Waals surface area contributed by atoms with E-state index in [1.54, 1.807) is 30.3 Å². The summed E-state index contributed by atoms with van der Waals surface area (Å²) in [5.74, 6) is -0.619. The number of hydrogen-bond acceptors (Lipinski definition) is 4. The quantitative estimate of drug-likeness (QED) is 0.512. The van der Waals surface area contributed by atoms with Gasteiger partial charge < -0.3 is 4.79 Å². The van der Waals surface area contributed by atoms with E-state index in [4.69, 9.17) is 0 Å². The molecule has 0 unspecified atom stereocenters. The van der Waals surface area contributed by atoms with Crippen LogP contribution in [-0.2, 0) is 14.4 Å². The average Bonchev–Trinajstić information content (AvgIpc) is 2.43. The molecule has 0 saturated carbocycles. The van der Waals surface area contributed by atoms with Crippen LogP contribution in [0.25, 0.3) is 0 Å². The second kappa shape index (κ2) is 8.15. The first kappa shape index (κ1) is 16.0. The molecule has 0 atom stereocenters. The fourth-order valence-electron chi connectivity index (χ4n) is 1.71. The SMILES string of the molecule is CC(=O)CCC(=O)CCC(=O)CC(=O)c1ccccc1. The molecule has 4 heteroatoms. The van der Waals surface area contributed by atoms with Gasteiger partial charge in [0.2, 0.25) is 0 Å². The van der Waals surface area contributed by atoms with Crippen molar-refractivity contribution in [3.8, 4) is 0 Å². The predicted octanol–water partition coefficient (Wildman–Crippen LogP) is 2.55. The second-order valence-electron chi connectivity index (χ2n) is 4.75. The Kier molecular flexibility index (Phi) is 6.50. The summed E-state index contributed by atoms with van der Waals surface area (Å²) in [5.41, 5.74) is 0.503. The summed E-state index contributed by atoms with van der Waals surface area (Å²) >= 11 is 0. The molecule has 1 aromatic rings. The van der Waals surface area contributed by atoms with Gasteiger partial charge in [-0.2, -0.15) is 0 Å². The summed E-state index contributed by atoms with van der Waals surface area (Å²) in [4.78, 5) is 45.5. The van der Waals surface area contributed by atoms with Crippen molar-refractivity contribution < 1.29 is 19.2 Å². The van der Waals surface area contributed by atoms with Crippen molar-refractivity contribution in [2.45, 2.75) is 39.0 Å². The van der Waals surface area contributed by atoms with Crippen LogP contribution in [0.15, 0.2) is 30.3 Å². The van der Waals surface area contributed by atoms with Crippen molar-refractivity contribution in [3.05, 3.63) is 35.9 Å². The molecule has 106 valence electrons. The third kappa shape index (κ3) is 6.18. The van der Waals surface area contributed by atoms with Gasteiger partial charge in [0.1, 0.15) is 17.3 Å². The van der Waals surface area contributed by atoms with Crippen LogP contribution in [0.3, 0.4) is 0 Å². The van der Waals surface area contributed by atoms with Crippen LogP contribution in [-0.4, -0.2) is 23.1 Å². The van der Waals surface area contributed by atoms with E-state index in [0.717, 1.165) is 0 Å². The maximum atomic E-state index is 11.8. The van der Waals surface area contributed by atoms with E-state index in [9.17, 15) is 19.2 Å². The highest BCUT2D eigenvalue weighted by atomic mass is 16.2. The smallest absolute Gasteiger partial charge is 0.170 e. The fraction of sp³-hybridized carbons (Fsp3) is 0.375. The third-order valence-electron chi connectivity index (χ3n) is 2.89. The van der Waals surface area contributed by atoms with Crippen molar-refractivity contribution >= 4 is 23.1 Å². The van der Waals surface area contributed by atoms with Crippen LogP contribution >= 0.6 is 0 Å². The molecule has 20 heavy (non-hydrogen) atoms. The number of benzene rings is 1. The first-order valence-electron chi connectivity index (χ1n) is 6.60. The third-order valence-corrected chi connectivity index (χ3v) is 2.89. The monoisotopic (exact) mass is 274 g/mol. The standard InChI is InChI=1S/C16H18O4/c1-12(17)7-8-14(18)9-10-15(19)11-16(20)13-5-3-2-4-6-13/h2-6H,7-11H2,1H3. The van der Waals surface area contributed by atoms with Gasteiger partial charge in [-0.3, -0.25) is 14.4 Å². The summed E-state index contributed by atoms with van der Waals surface area (Å²) in [6, 6.07) is 8.60. The van der Waals surface area contributed by atoms with Crippen molar-refractivity contribution in [1.29, 1.82) is 0 Å². The second-order valence-corrected chi connectivity index (χ2v) is 4.75. The normalized spacial score (nSPS) is 10.1. The van der Waals surface area contributed by atoms with Gasteiger partial charge in [-0.25, -0.2) is 0 Å². The Labute approximate surface area is 118 Å². The van der Waals surface area contributed by atoms with Crippen LogP contribution in [0.2, 0.25) is 0 Å². The van der Waals surface area contributed by atoms with E-state index in [1.807, 2.05) is 0 Å². The minimum atomic E-state index is -0.241. The molecule has 0 aliphatic heterocycles. The zero-order valence-corrected chi connectivity index (χ0v) is 11.6. The molecule has 0 spiro atoms. The van der Waals surface area contributed by atoms with Crippen molar-refractivity contribution in [1.82, 2.24) is 0 Å². The first-order valence-corrected chi connectivity index (χ1v) is 6.60. The van der Waals surface area contributed by atoms with E-state index in [-0.39, 0.29) is 55.2 Å². The minimum Gasteiger partial charge on any atom is -0.300 e. The Morgan fingerprint density at radius 1 is 0.800 bits per heavy atom. The Balaban J connectivity index is 2.32. The van der Waals surface area contributed by atoms with E-state index in [2.05, 4.69) is 0 Å². The number of ketones is 4. The average molecular weight is 274 g/mol. The molecule has 0 fully saturated rings. The van der Waals surface area contributed by atoms with Crippen molar-refractivity contribution in [3.63, 3.8) is 0 Å². The number of carbonyl (C=O) groups is 4. The molecule has 1 aromatic carbocycles. The minimum absolute atomic E-state index is 0.0380. The summed E-state index contributed by atoms with van der Waals surface area (Å²) in [6.07, 6.45) is 0.388. The van der Waals surface area contributed by atoms with Crippen LogP contribution in [0.1, 0.15) is 49.4 Å². The van der Waals surface area contributed by atoms with Crippen molar-refractivity contribution in [2.24, 2.45) is 0 Å². The number of Topliss-reactive ketones (excluding diaryl/α,β-unsaturated/α-hetero) is 4. The highest BCUT2D eigenvalue weighted by molar-refractivity contribution is 6.08. The van der Waals surface area contributed by atoms with Gasteiger partial charge in [0, 0.05) is 31.2 Å². The summed E-state index contributed by atoms with van der Waals surface area (Å²) < 4.78 is 0. The predicted molar refractivity (Wildman–Crippen MR) is 74.6 cm³/mol. The van der Waals surface area contributed by atoms with E-state index in [1.165, 1.54) is 6.92 Å². The first-order chi connectivity index (χ1) is 9.49. The molecule has 1 rings (SSSR count). The molecular weight excluding hydrogens is 256 g/mol. The number of rotatable bonds is 9. The highest BCUT2D eigenvalue weighted by Crippen LogP contribution is 2.07. The summed E-state index contributed by atoms with van der Waals surface area (Å²) in [5, 5.41) is 0. The number of carbonyl (C=O) groups excluding carboxylic acids is 4. The highest BCUT2D eigenvalue weighted by Gasteiger charge is 2.13. The van der Waals surface area contributed by atoms with Gasteiger partial charge in [0.25, 0.3) is 0 Å². The molecule has 4 nitrogen and oxygen atoms in total. The molecule has 0 radical (unpaired) electrons. The van der Waals surface area contributed by atoms with E-state index in [0.29, 0.717) is 5.56 Å². The van der Waals surface area contributed by atoms with Gasteiger partial charge in [0.05, 0.1) is 6.42 Å². The van der Waals surface area contributed by atoms with Crippen LogP contribution in [0.5, 0.6) is 0 Å². The van der Waals surface area contributed by atoms with E-state index < -0.39 is 0 Å². The van der Waals surface area contributed by atoms with Crippen LogP contribution < -0.4 is 0 Å².